The molecule has 1 fully saturated rings. The number of carbonyl (C=O) groups is 1. The van der Waals surface area contributed by atoms with Crippen molar-refractivity contribution < 1.29 is 19.3 Å². The Morgan fingerprint density at radius 3 is 2.40 bits per heavy atom. The zero-order valence-corrected chi connectivity index (χ0v) is 15.8. The first kappa shape index (κ1) is 19.8. The van der Waals surface area contributed by atoms with Gasteiger partial charge >= 0.3 is 6.16 Å². The van der Waals surface area contributed by atoms with Crippen LogP contribution >= 0.6 is 0 Å². The first-order valence-corrected chi connectivity index (χ1v) is 9.61. The molecule has 4 nitrogen and oxygen atoms in total. The van der Waals surface area contributed by atoms with Gasteiger partial charge in [0.15, 0.2) is 0 Å². The topological polar surface area (TPSA) is 44.8 Å². The van der Waals surface area contributed by atoms with Crippen molar-refractivity contribution >= 4 is 6.16 Å². The van der Waals surface area contributed by atoms with Crippen LogP contribution in [0.3, 0.4) is 0 Å². The molecular weight excluding hydrogens is 316 g/mol. The Balaban J connectivity index is 1.66. The number of benzene rings is 1. The molecule has 4 heteroatoms. The molecule has 1 aromatic rings. The van der Waals surface area contributed by atoms with Gasteiger partial charge in [0.1, 0.15) is 11.7 Å². The van der Waals surface area contributed by atoms with Crippen LogP contribution in [0, 0.1) is 0 Å². The molecule has 1 aromatic carbocycles. The smallest absolute Gasteiger partial charge is 0.429 e. The molecule has 0 spiro atoms. The highest BCUT2D eigenvalue weighted by molar-refractivity contribution is 5.59. The fourth-order valence-corrected chi connectivity index (χ4v) is 3.38. The Labute approximate surface area is 151 Å². The number of hydrogen-bond acceptors (Lipinski definition) is 4. The van der Waals surface area contributed by atoms with E-state index in [1.54, 1.807) is 0 Å². The fourth-order valence-electron chi connectivity index (χ4n) is 3.38. The second kappa shape index (κ2) is 9.81. The molecule has 0 aliphatic heterocycles. The third-order valence-corrected chi connectivity index (χ3v) is 4.93. The molecule has 0 aromatic heterocycles. The highest BCUT2D eigenvalue weighted by atomic mass is 17.2. The predicted octanol–water partition coefficient (Wildman–Crippen LogP) is 6.16. The van der Waals surface area contributed by atoms with Crippen molar-refractivity contribution in [2.45, 2.75) is 89.8 Å². The van der Waals surface area contributed by atoms with Crippen molar-refractivity contribution in [1.82, 2.24) is 0 Å². The largest absolute Gasteiger partial charge is 0.540 e. The zero-order valence-electron chi connectivity index (χ0n) is 15.8. The minimum absolute atomic E-state index is 0.0701. The maximum atomic E-state index is 11.9. The molecule has 1 aliphatic rings. The molecule has 2 rings (SSSR count). The van der Waals surface area contributed by atoms with E-state index in [0.717, 1.165) is 51.4 Å². The number of ether oxygens (including phenoxy) is 1. The molecular formula is C21H32O4. The third kappa shape index (κ3) is 7.07. The SMILES string of the molecule is CCCCCC(C)(C)OOC(=O)OC1CCC(c2ccccc2)CC1. The molecule has 0 radical (unpaired) electrons. The Kier molecular flexibility index (Phi) is 7.76. The summed E-state index contributed by atoms with van der Waals surface area (Å²) in [6.07, 6.45) is 7.25. The van der Waals surface area contributed by atoms with Gasteiger partial charge in [-0.05, 0) is 57.4 Å². The fraction of sp³-hybridized carbons (Fsp3) is 0.667. The maximum absolute atomic E-state index is 11.9. The van der Waals surface area contributed by atoms with E-state index in [9.17, 15) is 4.79 Å². The van der Waals surface area contributed by atoms with Gasteiger partial charge in [0, 0.05) is 0 Å². The lowest BCUT2D eigenvalue weighted by Crippen LogP contribution is -2.29. The molecule has 0 atom stereocenters. The molecule has 0 bridgehead atoms. The number of hydrogen-bond donors (Lipinski definition) is 0. The van der Waals surface area contributed by atoms with E-state index in [1.165, 1.54) is 5.56 Å². The summed E-state index contributed by atoms with van der Waals surface area (Å²) in [5, 5.41) is 0. The molecule has 25 heavy (non-hydrogen) atoms. The summed E-state index contributed by atoms with van der Waals surface area (Å²) < 4.78 is 5.41. The first-order valence-electron chi connectivity index (χ1n) is 9.61. The van der Waals surface area contributed by atoms with Gasteiger partial charge in [-0.1, -0.05) is 56.5 Å². The molecule has 0 unspecified atom stereocenters. The standard InChI is InChI=1S/C21H32O4/c1-4-5-9-16-21(2,3)25-24-20(22)23-19-14-12-18(13-15-19)17-10-7-6-8-11-17/h6-8,10-11,18-19H,4-5,9,12-16H2,1-3H3. The Morgan fingerprint density at radius 1 is 1.08 bits per heavy atom. The van der Waals surface area contributed by atoms with Crippen LogP contribution < -0.4 is 0 Å². The summed E-state index contributed by atoms with van der Waals surface area (Å²) in [5.41, 5.74) is 0.903. The van der Waals surface area contributed by atoms with Crippen LogP contribution in [0.2, 0.25) is 0 Å². The Bertz CT molecular complexity index is 504. The van der Waals surface area contributed by atoms with Gasteiger partial charge in [-0.3, -0.25) is 4.89 Å². The second-order valence-electron chi connectivity index (χ2n) is 7.64. The summed E-state index contributed by atoms with van der Waals surface area (Å²) in [7, 11) is 0. The van der Waals surface area contributed by atoms with Crippen molar-refractivity contribution in [1.29, 1.82) is 0 Å². The maximum Gasteiger partial charge on any atom is 0.540 e. The van der Waals surface area contributed by atoms with Gasteiger partial charge in [-0.2, -0.15) is 4.89 Å². The van der Waals surface area contributed by atoms with E-state index in [1.807, 2.05) is 19.9 Å². The lowest BCUT2D eigenvalue weighted by atomic mass is 9.83. The van der Waals surface area contributed by atoms with Crippen LogP contribution in [-0.2, 0) is 14.5 Å². The molecule has 0 N–H and O–H groups in total. The van der Waals surface area contributed by atoms with E-state index in [0.29, 0.717) is 5.92 Å². The zero-order chi connectivity index (χ0) is 18.1. The summed E-state index contributed by atoms with van der Waals surface area (Å²) >= 11 is 0. The lowest BCUT2D eigenvalue weighted by molar-refractivity contribution is -0.320. The number of rotatable bonds is 8. The van der Waals surface area contributed by atoms with Crippen LogP contribution in [0.4, 0.5) is 4.79 Å². The average Bonchev–Trinajstić information content (AvgIpc) is 2.62. The molecule has 0 amide bonds. The predicted molar refractivity (Wildman–Crippen MR) is 98.3 cm³/mol. The van der Waals surface area contributed by atoms with Crippen molar-refractivity contribution in [2.75, 3.05) is 0 Å². The Hall–Kier alpha value is -1.55. The van der Waals surface area contributed by atoms with E-state index in [4.69, 9.17) is 14.5 Å². The summed E-state index contributed by atoms with van der Waals surface area (Å²) in [6.45, 7) is 6.02. The third-order valence-electron chi connectivity index (χ3n) is 4.93. The second-order valence-corrected chi connectivity index (χ2v) is 7.64. The minimum atomic E-state index is -0.716. The summed E-state index contributed by atoms with van der Waals surface area (Å²) in [5.74, 6) is 0.561. The van der Waals surface area contributed by atoms with Gasteiger partial charge in [0.25, 0.3) is 0 Å². The summed E-state index contributed by atoms with van der Waals surface area (Å²) in [4.78, 5) is 22.1. The lowest BCUT2D eigenvalue weighted by Gasteiger charge is -2.28. The van der Waals surface area contributed by atoms with Gasteiger partial charge in [-0.25, -0.2) is 4.79 Å². The molecule has 1 aliphatic carbocycles. The van der Waals surface area contributed by atoms with E-state index >= 15 is 0 Å². The molecule has 140 valence electrons. The van der Waals surface area contributed by atoms with Crippen molar-refractivity contribution in [3.63, 3.8) is 0 Å². The quantitative estimate of drug-likeness (QED) is 0.244. The number of unbranched alkanes of at least 4 members (excludes halogenated alkanes) is 2. The van der Waals surface area contributed by atoms with Crippen LogP contribution in [0.15, 0.2) is 30.3 Å². The van der Waals surface area contributed by atoms with Gasteiger partial charge in [0.05, 0.1) is 0 Å². The molecule has 1 saturated carbocycles. The van der Waals surface area contributed by atoms with Crippen LogP contribution in [0.25, 0.3) is 0 Å². The van der Waals surface area contributed by atoms with Crippen molar-refractivity contribution in [3.05, 3.63) is 35.9 Å². The normalized spacial score (nSPS) is 20.9. The van der Waals surface area contributed by atoms with Gasteiger partial charge < -0.3 is 4.74 Å². The molecule has 0 saturated heterocycles. The monoisotopic (exact) mass is 348 g/mol. The van der Waals surface area contributed by atoms with E-state index in [-0.39, 0.29) is 6.10 Å². The van der Waals surface area contributed by atoms with E-state index in [2.05, 4.69) is 31.2 Å². The van der Waals surface area contributed by atoms with Crippen LogP contribution in [0.5, 0.6) is 0 Å². The van der Waals surface area contributed by atoms with Crippen LogP contribution in [0.1, 0.15) is 83.6 Å². The van der Waals surface area contributed by atoms with Gasteiger partial charge in [-0.15, -0.1) is 0 Å². The highest BCUT2D eigenvalue weighted by Crippen LogP contribution is 2.34. The van der Waals surface area contributed by atoms with Crippen LogP contribution in [-0.4, -0.2) is 17.9 Å². The number of carbonyl (C=O) groups excluding carboxylic acids is 1. The average molecular weight is 348 g/mol. The molecule has 0 heterocycles. The minimum Gasteiger partial charge on any atom is -0.429 e. The summed E-state index contributed by atoms with van der Waals surface area (Å²) in [6, 6.07) is 10.5. The first-order chi connectivity index (χ1) is 12.0. The highest BCUT2D eigenvalue weighted by Gasteiger charge is 2.27. The van der Waals surface area contributed by atoms with Gasteiger partial charge in [0.2, 0.25) is 0 Å². The van der Waals surface area contributed by atoms with Crippen molar-refractivity contribution in [3.8, 4) is 0 Å². The Morgan fingerprint density at radius 2 is 1.76 bits per heavy atom. The van der Waals surface area contributed by atoms with E-state index < -0.39 is 11.8 Å². The van der Waals surface area contributed by atoms with Crippen molar-refractivity contribution in [2.24, 2.45) is 0 Å².